The largest absolute Gasteiger partial charge is 0.353 e. The van der Waals surface area contributed by atoms with Gasteiger partial charge in [0.25, 0.3) is 0 Å². The highest BCUT2D eigenvalue weighted by Gasteiger charge is 2.34. The summed E-state index contributed by atoms with van der Waals surface area (Å²) >= 11 is 0. The van der Waals surface area contributed by atoms with Crippen LogP contribution in [0.15, 0.2) is 12.4 Å². The van der Waals surface area contributed by atoms with Gasteiger partial charge in [-0.05, 0) is 26.8 Å². The Morgan fingerprint density at radius 3 is 2.79 bits per heavy atom. The van der Waals surface area contributed by atoms with Crippen LogP contribution in [-0.2, 0) is 32.0 Å². The molecule has 0 saturated carbocycles. The summed E-state index contributed by atoms with van der Waals surface area (Å²) < 4.78 is 3.89. The lowest BCUT2D eigenvalue weighted by atomic mass is 9.96. The molecule has 130 valence electrons. The Kier molecular flexibility index (Phi) is 4.45. The first kappa shape index (κ1) is 16.7. The van der Waals surface area contributed by atoms with E-state index in [1.54, 1.807) is 6.33 Å². The summed E-state index contributed by atoms with van der Waals surface area (Å²) in [5, 5.41) is 7.46. The van der Waals surface area contributed by atoms with Gasteiger partial charge < -0.3 is 9.88 Å². The number of nitrogens with one attached hydrogen (secondary N) is 1. The number of rotatable bonds is 4. The maximum atomic E-state index is 12.7. The van der Waals surface area contributed by atoms with Gasteiger partial charge in [0.2, 0.25) is 5.91 Å². The first-order valence-corrected chi connectivity index (χ1v) is 8.37. The second-order valence-electron chi connectivity index (χ2n) is 6.97. The van der Waals surface area contributed by atoms with Crippen molar-refractivity contribution in [2.75, 3.05) is 6.54 Å². The molecule has 0 spiro atoms. The van der Waals surface area contributed by atoms with Gasteiger partial charge in [0.15, 0.2) is 0 Å². The Morgan fingerprint density at radius 1 is 1.42 bits per heavy atom. The molecular formula is C17H26N6O. The van der Waals surface area contributed by atoms with E-state index >= 15 is 0 Å². The van der Waals surface area contributed by atoms with Gasteiger partial charge in [-0.2, -0.15) is 5.10 Å². The molecule has 24 heavy (non-hydrogen) atoms. The molecule has 3 rings (SSSR count). The number of amides is 1. The van der Waals surface area contributed by atoms with E-state index in [0.717, 1.165) is 35.9 Å². The van der Waals surface area contributed by atoms with Gasteiger partial charge >= 0.3 is 0 Å². The number of aryl methyl sites for hydroxylation is 3. The molecule has 0 aliphatic carbocycles. The maximum absolute atomic E-state index is 12.7. The lowest BCUT2D eigenvalue weighted by Crippen LogP contribution is -2.43. The van der Waals surface area contributed by atoms with E-state index in [4.69, 9.17) is 0 Å². The third-order valence-corrected chi connectivity index (χ3v) is 4.44. The van der Waals surface area contributed by atoms with Crippen LogP contribution in [0.1, 0.15) is 42.5 Å². The van der Waals surface area contributed by atoms with Crippen LogP contribution in [0.25, 0.3) is 0 Å². The van der Waals surface area contributed by atoms with Gasteiger partial charge in [-0.25, -0.2) is 4.98 Å². The van der Waals surface area contributed by atoms with E-state index in [2.05, 4.69) is 26.4 Å². The van der Waals surface area contributed by atoms with E-state index in [1.165, 1.54) is 0 Å². The summed E-state index contributed by atoms with van der Waals surface area (Å²) in [5.74, 6) is -0.126. The molecule has 2 aromatic heterocycles. The quantitative estimate of drug-likeness (QED) is 0.911. The molecule has 7 nitrogen and oxygen atoms in total. The second-order valence-corrected chi connectivity index (χ2v) is 6.97. The first-order valence-electron chi connectivity index (χ1n) is 8.37. The topological polar surface area (TPSA) is 68.0 Å². The molecule has 1 amide bonds. The zero-order chi connectivity index (χ0) is 17.4. The van der Waals surface area contributed by atoms with Gasteiger partial charge in [0, 0.05) is 39.8 Å². The third-order valence-electron chi connectivity index (χ3n) is 4.44. The van der Waals surface area contributed by atoms with Crippen molar-refractivity contribution in [3.8, 4) is 0 Å². The van der Waals surface area contributed by atoms with Crippen molar-refractivity contribution >= 4 is 5.91 Å². The number of imidazole rings is 1. The monoisotopic (exact) mass is 330 g/mol. The van der Waals surface area contributed by atoms with Crippen molar-refractivity contribution in [3.63, 3.8) is 0 Å². The van der Waals surface area contributed by atoms with Crippen LogP contribution >= 0.6 is 0 Å². The maximum Gasteiger partial charge on any atom is 0.230 e. The Hall–Kier alpha value is -2.15. The van der Waals surface area contributed by atoms with Crippen LogP contribution in [0.2, 0.25) is 0 Å². The molecule has 1 aliphatic heterocycles. The lowest BCUT2D eigenvalue weighted by Gasteiger charge is -2.32. The summed E-state index contributed by atoms with van der Waals surface area (Å²) in [6.07, 6.45) is 1.80. The summed E-state index contributed by atoms with van der Waals surface area (Å²) in [4.78, 5) is 19.5. The second kappa shape index (κ2) is 6.39. The molecule has 0 fully saturated rings. The normalized spacial score (nSPS) is 18.0. The van der Waals surface area contributed by atoms with Crippen molar-refractivity contribution in [2.45, 2.75) is 45.8 Å². The van der Waals surface area contributed by atoms with Gasteiger partial charge in [-0.15, -0.1) is 0 Å². The Morgan fingerprint density at radius 2 is 2.17 bits per heavy atom. The van der Waals surface area contributed by atoms with Gasteiger partial charge in [0.05, 0.1) is 35.0 Å². The number of hydrogen-bond donors (Lipinski definition) is 1. The molecular weight excluding hydrogens is 304 g/mol. The molecule has 3 heterocycles. The number of carbonyl (C=O) groups is 1. The third kappa shape index (κ3) is 3.21. The minimum Gasteiger partial charge on any atom is -0.353 e. The zero-order valence-corrected chi connectivity index (χ0v) is 15.1. The van der Waals surface area contributed by atoms with Crippen LogP contribution in [0.4, 0.5) is 0 Å². The van der Waals surface area contributed by atoms with E-state index in [1.807, 2.05) is 44.1 Å². The van der Waals surface area contributed by atoms with E-state index < -0.39 is 0 Å². The Bertz CT molecular complexity index is 744. The number of aromatic nitrogens is 4. The van der Waals surface area contributed by atoms with Crippen LogP contribution < -0.4 is 5.32 Å². The molecule has 0 bridgehead atoms. The highest BCUT2D eigenvalue weighted by molar-refractivity contribution is 5.84. The van der Waals surface area contributed by atoms with Crippen molar-refractivity contribution in [1.29, 1.82) is 0 Å². The van der Waals surface area contributed by atoms with E-state index in [-0.39, 0.29) is 17.9 Å². The Balaban J connectivity index is 1.85. The summed E-state index contributed by atoms with van der Waals surface area (Å²) in [6, 6.07) is 2.22. The molecule has 2 aromatic rings. The SMILES string of the molecule is Cc1cc(CN2Cc3ncn(C)c3[C@H](C(=O)NC(C)C)C2)n(C)n1. The zero-order valence-electron chi connectivity index (χ0n) is 15.1. The summed E-state index contributed by atoms with van der Waals surface area (Å²) in [6.45, 7) is 8.18. The smallest absolute Gasteiger partial charge is 0.230 e. The van der Waals surface area contributed by atoms with Crippen LogP contribution in [0.5, 0.6) is 0 Å². The first-order chi connectivity index (χ1) is 11.3. The molecule has 0 saturated heterocycles. The predicted molar refractivity (Wildman–Crippen MR) is 91.3 cm³/mol. The fourth-order valence-corrected chi connectivity index (χ4v) is 3.43. The average molecular weight is 330 g/mol. The number of carbonyl (C=O) groups excluding carboxylic acids is 1. The molecule has 0 unspecified atom stereocenters. The number of nitrogens with zero attached hydrogens (tertiary/aromatic N) is 5. The predicted octanol–water partition coefficient (Wildman–Crippen LogP) is 1.09. The van der Waals surface area contributed by atoms with Crippen molar-refractivity contribution in [1.82, 2.24) is 29.5 Å². The minimum absolute atomic E-state index is 0.0701. The van der Waals surface area contributed by atoms with Crippen LogP contribution in [0.3, 0.4) is 0 Å². The van der Waals surface area contributed by atoms with E-state index in [9.17, 15) is 4.79 Å². The summed E-state index contributed by atoms with van der Waals surface area (Å²) in [5.41, 5.74) is 4.18. The highest BCUT2D eigenvalue weighted by Crippen LogP contribution is 2.28. The number of fused-ring (bicyclic) bond motifs is 1. The molecule has 7 heteroatoms. The van der Waals surface area contributed by atoms with Gasteiger partial charge in [-0.1, -0.05) is 0 Å². The molecule has 1 aliphatic rings. The molecule has 0 radical (unpaired) electrons. The van der Waals surface area contributed by atoms with Crippen molar-refractivity contribution < 1.29 is 4.79 Å². The number of hydrogen-bond acceptors (Lipinski definition) is 4. The standard InChI is InChI=1S/C17H26N6O/c1-11(2)19-17(24)14-8-23(7-13-6-12(3)20-22(13)5)9-15-16(14)21(4)10-18-15/h6,10-11,14H,7-9H2,1-5H3,(H,19,24)/t14-/m1/s1. The average Bonchev–Trinajstić information content (AvgIpc) is 3.00. The summed E-state index contributed by atoms with van der Waals surface area (Å²) in [7, 11) is 3.92. The van der Waals surface area contributed by atoms with Crippen LogP contribution in [0, 0.1) is 6.92 Å². The Labute approximate surface area is 142 Å². The van der Waals surface area contributed by atoms with Gasteiger partial charge in [0.1, 0.15) is 0 Å². The molecule has 0 aromatic carbocycles. The highest BCUT2D eigenvalue weighted by atomic mass is 16.2. The van der Waals surface area contributed by atoms with Crippen molar-refractivity contribution in [3.05, 3.63) is 35.2 Å². The fourth-order valence-electron chi connectivity index (χ4n) is 3.43. The van der Waals surface area contributed by atoms with Gasteiger partial charge in [-0.3, -0.25) is 14.4 Å². The van der Waals surface area contributed by atoms with Crippen LogP contribution in [-0.4, -0.2) is 42.7 Å². The molecule has 1 N–H and O–H groups in total. The lowest BCUT2D eigenvalue weighted by molar-refractivity contribution is -0.124. The molecule has 1 atom stereocenters. The fraction of sp³-hybridized carbons (Fsp3) is 0.588. The van der Waals surface area contributed by atoms with Crippen molar-refractivity contribution in [2.24, 2.45) is 14.1 Å². The minimum atomic E-state index is -0.196. The van der Waals surface area contributed by atoms with E-state index in [0.29, 0.717) is 6.54 Å².